The first-order valence-electron chi connectivity index (χ1n) is 9.85. The van der Waals surface area contributed by atoms with Gasteiger partial charge < -0.3 is 15.4 Å². The standard InChI is InChI=1S/C21H29FN2O4/c1-13(2)18(24-20(26)15-7-5-4-6-8-15)21(27)28-14(3)19(25)23-17-11-9-16(22)10-12-17/h9-15,18H,4-8H2,1-3H3,(H,23,25)(H,24,26)/t14-,18-/m1/s1. The fourth-order valence-electron chi connectivity index (χ4n) is 3.21. The molecular formula is C21H29FN2O4. The Labute approximate surface area is 165 Å². The summed E-state index contributed by atoms with van der Waals surface area (Å²) in [5.41, 5.74) is 0.403. The zero-order valence-corrected chi connectivity index (χ0v) is 16.7. The van der Waals surface area contributed by atoms with E-state index in [1.807, 2.05) is 13.8 Å². The maximum Gasteiger partial charge on any atom is 0.329 e. The second kappa shape index (κ2) is 10.2. The van der Waals surface area contributed by atoms with E-state index in [1.165, 1.54) is 31.2 Å². The summed E-state index contributed by atoms with van der Waals surface area (Å²) >= 11 is 0. The van der Waals surface area contributed by atoms with Crippen LogP contribution in [0.5, 0.6) is 0 Å². The molecule has 2 rings (SSSR count). The lowest BCUT2D eigenvalue weighted by molar-refractivity contribution is -0.157. The van der Waals surface area contributed by atoms with Gasteiger partial charge in [0.1, 0.15) is 11.9 Å². The summed E-state index contributed by atoms with van der Waals surface area (Å²) in [5.74, 6) is -1.94. The first-order chi connectivity index (χ1) is 13.3. The highest BCUT2D eigenvalue weighted by atomic mass is 19.1. The molecule has 0 spiro atoms. The van der Waals surface area contributed by atoms with Crippen molar-refractivity contribution >= 4 is 23.5 Å². The van der Waals surface area contributed by atoms with E-state index < -0.39 is 29.8 Å². The number of hydrogen-bond acceptors (Lipinski definition) is 4. The predicted molar refractivity (Wildman–Crippen MR) is 104 cm³/mol. The fourth-order valence-corrected chi connectivity index (χ4v) is 3.21. The molecule has 6 nitrogen and oxygen atoms in total. The van der Waals surface area contributed by atoms with E-state index in [4.69, 9.17) is 4.74 Å². The summed E-state index contributed by atoms with van der Waals surface area (Å²) < 4.78 is 18.2. The third-order valence-corrected chi connectivity index (χ3v) is 4.97. The van der Waals surface area contributed by atoms with Crippen LogP contribution >= 0.6 is 0 Å². The summed E-state index contributed by atoms with van der Waals surface area (Å²) in [4.78, 5) is 37.3. The molecule has 2 atom stereocenters. The fraction of sp³-hybridized carbons (Fsp3) is 0.571. The van der Waals surface area contributed by atoms with Gasteiger partial charge >= 0.3 is 5.97 Å². The number of benzene rings is 1. The van der Waals surface area contributed by atoms with E-state index in [-0.39, 0.29) is 17.7 Å². The number of hydrogen-bond donors (Lipinski definition) is 2. The molecule has 0 radical (unpaired) electrons. The van der Waals surface area contributed by atoms with Crippen molar-refractivity contribution in [2.75, 3.05) is 5.32 Å². The Kier molecular flexibility index (Phi) is 7.96. The van der Waals surface area contributed by atoms with Gasteiger partial charge in [0.05, 0.1) is 0 Å². The number of esters is 1. The van der Waals surface area contributed by atoms with Gasteiger partial charge in [-0.2, -0.15) is 0 Å². The van der Waals surface area contributed by atoms with Crippen LogP contribution in [0.1, 0.15) is 52.9 Å². The Balaban J connectivity index is 1.91. The lowest BCUT2D eigenvalue weighted by Crippen LogP contribution is -2.49. The van der Waals surface area contributed by atoms with Crippen molar-refractivity contribution in [2.45, 2.75) is 65.0 Å². The van der Waals surface area contributed by atoms with Gasteiger partial charge in [-0.3, -0.25) is 9.59 Å². The first-order valence-corrected chi connectivity index (χ1v) is 9.85. The second-order valence-corrected chi connectivity index (χ2v) is 7.64. The van der Waals surface area contributed by atoms with Crippen LogP contribution in [-0.4, -0.2) is 29.9 Å². The van der Waals surface area contributed by atoms with Crippen molar-refractivity contribution < 1.29 is 23.5 Å². The van der Waals surface area contributed by atoms with Gasteiger partial charge in [0.25, 0.3) is 5.91 Å². The van der Waals surface area contributed by atoms with Crippen molar-refractivity contribution in [1.29, 1.82) is 0 Å². The zero-order valence-electron chi connectivity index (χ0n) is 16.7. The molecule has 0 unspecified atom stereocenters. The average molecular weight is 392 g/mol. The molecule has 1 aromatic carbocycles. The van der Waals surface area contributed by atoms with Crippen LogP contribution in [0.25, 0.3) is 0 Å². The molecule has 1 aliphatic carbocycles. The minimum atomic E-state index is -1.05. The number of carbonyl (C=O) groups excluding carboxylic acids is 3. The van der Waals surface area contributed by atoms with Gasteiger partial charge in [-0.25, -0.2) is 9.18 Å². The summed E-state index contributed by atoms with van der Waals surface area (Å²) in [6.07, 6.45) is 3.81. The molecule has 2 amide bonds. The number of amides is 2. The van der Waals surface area contributed by atoms with Gasteiger partial charge in [0.2, 0.25) is 5.91 Å². The third-order valence-electron chi connectivity index (χ3n) is 4.97. The average Bonchev–Trinajstić information content (AvgIpc) is 2.67. The quantitative estimate of drug-likeness (QED) is 0.697. The lowest BCUT2D eigenvalue weighted by atomic mass is 9.88. The van der Waals surface area contributed by atoms with E-state index in [2.05, 4.69) is 10.6 Å². The molecule has 1 aromatic rings. The molecule has 154 valence electrons. The predicted octanol–water partition coefficient (Wildman–Crippen LogP) is 3.42. The molecule has 1 aliphatic rings. The van der Waals surface area contributed by atoms with Gasteiger partial charge in [-0.15, -0.1) is 0 Å². The molecule has 0 saturated heterocycles. The summed E-state index contributed by atoms with van der Waals surface area (Å²) in [6.45, 7) is 5.09. The second-order valence-electron chi connectivity index (χ2n) is 7.64. The number of anilines is 1. The molecule has 0 aromatic heterocycles. The number of nitrogens with one attached hydrogen (secondary N) is 2. The number of carbonyl (C=O) groups is 3. The molecule has 7 heteroatoms. The van der Waals surface area contributed by atoms with Crippen molar-refractivity contribution in [3.8, 4) is 0 Å². The maximum absolute atomic E-state index is 12.9. The van der Waals surface area contributed by atoms with Crippen molar-refractivity contribution in [2.24, 2.45) is 11.8 Å². The van der Waals surface area contributed by atoms with E-state index in [1.54, 1.807) is 0 Å². The van der Waals surface area contributed by atoms with Crippen LogP contribution in [0, 0.1) is 17.7 Å². The van der Waals surface area contributed by atoms with Crippen LogP contribution < -0.4 is 10.6 Å². The first kappa shape index (κ1) is 21.9. The highest BCUT2D eigenvalue weighted by Gasteiger charge is 2.31. The Morgan fingerprint density at radius 1 is 1.04 bits per heavy atom. The van der Waals surface area contributed by atoms with Crippen molar-refractivity contribution in [1.82, 2.24) is 5.32 Å². The molecular weight excluding hydrogens is 363 g/mol. The minimum Gasteiger partial charge on any atom is -0.451 e. The van der Waals surface area contributed by atoms with Crippen molar-refractivity contribution in [3.05, 3.63) is 30.1 Å². The highest BCUT2D eigenvalue weighted by molar-refractivity contribution is 5.95. The van der Waals surface area contributed by atoms with Gasteiger partial charge in [0, 0.05) is 11.6 Å². The Bertz CT molecular complexity index is 684. The van der Waals surface area contributed by atoms with E-state index in [9.17, 15) is 18.8 Å². The Morgan fingerprint density at radius 2 is 1.64 bits per heavy atom. The van der Waals surface area contributed by atoms with Crippen molar-refractivity contribution in [3.63, 3.8) is 0 Å². The van der Waals surface area contributed by atoms with E-state index in [0.717, 1.165) is 32.1 Å². The minimum absolute atomic E-state index is 0.0676. The van der Waals surface area contributed by atoms with Crippen LogP contribution in [-0.2, 0) is 19.1 Å². The summed E-state index contributed by atoms with van der Waals surface area (Å²) in [7, 11) is 0. The van der Waals surface area contributed by atoms with E-state index in [0.29, 0.717) is 5.69 Å². The summed E-state index contributed by atoms with van der Waals surface area (Å²) in [5, 5.41) is 5.36. The number of halogens is 1. The maximum atomic E-state index is 12.9. The molecule has 0 bridgehead atoms. The Hall–Kier alpha value is -2.44. The van der Waals surface area contributed by atoms with Gasteiger partial charge in [-0.05, 0) is 49.9 Å². The molecule has 0 heterocycles. The van der Waals surface area contributed by atoms with E-state index >= 15 is 0 Å². The SMILES string of the molecule is CC(C)[C@@H](NC(=O)C1CCCCC1)C(=O)O[C@H](C)C(=O)Nc1ccc(F)cc1. The largest absolute Gasteiger partial charge is 0.451 e. The van der Waals surface area contributed by atoms with Gasteiger partial charge in [0.15, 0.2) is 6.10 Å². The molecule has 28 heavy (non-hydrogen) atoms. The highest BCUT2D eigenvalue weighted by Crippen LogP contribution is 2.24. The van der Waals surface area contributed by atoms with Crippen LogP contribution in [0.3, 0.4) is 0 Å². The Morgan fingerprint density at radius 3 is 2.21 bits per heavy atom. The van der Waals surface area contributed by atoms with Crippen LogP contribution in [0.15, 0.2) is 24.3 Å². The van der Waals surface area contributed by atoms with Crippen LogP contribution in [0.2, 0.25) is 0 Å². The molecule has 1 fully saturated rings. The molecule has 0 aliphatic heterocycles. The van der Waals surface area contributed by atoms with Gasteiger partial charge in [-0.1, -0.05) is 33.1 Å². The molecule has 1 saturated carbocycles. The topological polar surface area (TPSA) is 84.5 Å². The monoisotopic (exact) mass is 392 g/mol. The number of ether oxygens (including phenoxy) is 1. The normalized spacial score (nSPS) is 16.9. The lowest BCUT2D eigenvalue weighted by Gasteiger charge is -2.26. The third kappa shape index (κ3) is 6.32. The summed E-state index contributed by atoms with van der Waals surface area (Å²) in [6, 6.07) is 4.48. The van der Waals surface area contributed by atoms with Crippen LogP contribution in [0.4, 0.5) is 10.1 Å². The zero-order chi connectivity index (χ0) is 20.7. The smallest absolute Gasteiger partial charge is 0.329 e. The number of rotatable bonds is 7. The molecule has 2 N–H and O–H groups in total.